The normalized spacial score (nSPS) is 12.6. The highest BCUT2D eigenvalue weighted by atomic mass is 35.5. The molecule has 6 nitrogen and oxygen atoms in total. The minimum atomic E-state index is -0.676. The van der Waals surface area contributed by atoms with E-state index in [-0.39, 0.29) is 13.2 Å². The molecule has 0 spiro atoms. The van der Waals surface area contributed by atoms with E-state index < -0.39 is 12.2 Å². The topological polar surface area (TPSA) is 83.0 Å². The van der Waals surface area contributed by atoms with E-state index in [9.17, 15) is 10.2 Å². The van der Waals surface area contributed by atoms with Crippen molar-refractivity contribution in [1.29, 1.82) is 0 Å². The second-order valence-electron chi connectivity index (χ2n) is 7.18. The molecule has 3 aromatic rings. The van der Waals surface area contributed by atoms with Crippen LogP contribution in [0.3, 0.4) is 0 Å². The van der Waals surface area contributed by atoms with Gasteiger partial charge < -0.3 is 30.3 Å². The Balaban J connectivity index is 1.33. The molecule has 8 heteroatoms. The maximum absolute atomic E-state index is 10.1. The summed E-state index contributed by atoms with van der Waals surface area (Å²) >= 11 is 11.7. The largest absolute Gasteiger partial charge is 0.491 e. The monoisotopic (exact) mass is 476 g/mol. The lowest BCUT2D eigenvalue weighted by Crippen LogP contribution is -2.26. The Labute approximate surface area is 197 Å². The summed E-state index contributed by atoms with van der Waals surface area (Å²) in [6.45, 7) is 1.00. The van der Waals surface area contributed by atoms with E-state index in [1.165, 1.54) is 0 Å². The molecule has 0 fully saturated rings. The number of halogens is 2. The van der Waals surface area contributed by atoms with Crippen molar-refractivity contribution >= 4 is 34.6 Å². The number of hydrogen-bond acceptors (Lipinski definition) is 6. The minimum Gasteiger partial charge on any atom is -0.491 e. The Kier molecular flexibility index (Phi) is 9.31. The Morgan fingerprint density at radius 3 is 1.28 bits per heavy atom. The highest BCUT2D eigenvalue weighted by molar-refractivity contribution is 6.30. The van der Waals surface area contributed by atoms with Gasteiger partial charge in [-0.1, -0.05) is 23.2 Å². The summed E-state index contributed by atoms with van der Waals surface area (Å²) in [5.74, 6) is 1.24. The lowest BCUT2D eigenvalue weighted by Gasteiger charge is -2.15. The molecule has 3 rings (SSSR count). The molecule has 170 valence electrons. The van der Waals surface area contributed by atoms with Crippen LogP contribution in [0.1, 0.15) is 0 Å². The van der Waals surface area contributed by atoms with Crippen molar-refractivity contribution in [2.45, 2.75) is 12.2 Å². The van der Waals surface area contributed by atoms with Crippen LogP contribution in [-0.2, 0) is 0 Å². The number of nitrogens with one attached hydrogen (secondary N) is 2. The fourth-order valence-corrected chi connectivity index (χ4v) is 2.99. The minimum absolute atomic E-state index is 0.149. The molecule has 0 bridgehead atoms. The van der Waals surface area contributed by atoms with Crippen LogP contribution in [0.15, 0.2) is 72.8 Å². The number of rotatable bonds is 12. The maximum atomic E-state index is 10.1. The van der Waals surface area contributed by atoms with Crippen molar-refractivity contribution in [3.05, 3.63) is 82.8 Å². The Hall–Kier alpha value is -2.64. The summed E-state index contributed by atoms with van der Waals surface area (Å²) in [4.78, 5) is 0. The van der Waals surface area contributed by atoms with Gasteiger partial charge in [0.15, 0.2) is 0 Å². The van der Waals surface area contributed by atoms with Crippen molar-refractivity contribution in [1.82, 2.24) is 0 Å². The van der Waals surface area contributed by atoms with E-state index in [1.807, 2.05) is 24.3 Å². The lowest BCUT2D eigenvalue weighted by molar-refractivity contribution is 0.115. The van der Waals surface area contributed by atoms with Gasteiger partial charge in [0.05, 0.1) is 0 Å². The average Bonchev–Trinajstić information content (AvgIpc) is 2.81. The first kappa shape index (κ1) is 24.0. The summed E-state index contributed by atoms with van der Waals surface area (Å²) in [5, 5.41) is 27.8. The first-order chi connectivity index (χ1) is 15.5. The zero-order chi connectivity index (χ0) is 22.8. The van der Waals surface area contributed by atoms with Crippen molar-refractivity contribution in [2.24, 2.45) is 0 Å². The lowest BCUT2D eigenvalue weighted by atomic mass is 10.3. The smallest absolute Gasteiger partial charge is 0.119 e. The highest BCUT2D eigenvalue weighted by Gasteiger charge is 2.08. The number of hydrogen-bond donors (Lipinski definition) is 4. The molecule has 0 saturated carbocycles. The highest BCUT2D eigenvalue weighted by Crippen LogP contribution is 2.19. The predicted molar refractivity (Wildman–Crippen MR) is 129 cm³/mol. The van der Waals surface area contributed by atoms with E-state index in [0.29, 0.717) is 34.6 Å². The fourth-order valence-electron chi connectivity index (χ4n) is 2.74. The summed E-state index contributed by atoms with van der Waals surface area (Å²) in [7, 11) is 0. The zero-order valence-electron chi connectivity index (χ0n) is 17.4. The summed E-state index contributed by atoms with van der Waals surface area (Å²) in [6.07, 6.45) is -1.35. The molecular weight excluding hydrogens is 451 g/mol. The van der Waals surface area contributed by atoms with Crippen LogP contribution >= 0.6 is 23.2 Å². The van der Waals surface area contributed by atoms with Crippen LogP contribution < -0.4 is 20.1 Å². The van der Waals surface area contributed by atoms with Gasteiger partial charge in [0, 0.05) is 34.5 Å². The molecular formula is C24H26Cl2N2O4. The van der Waals surface area contributed by atoms with Crippen LogP contribution in [0.2, 0.25) is 10.0 Å². The molecule has 0 saturated heterocycles. The fraction of sp³-hybridized carbons (Fsp3) is 0.250. The van der Waals surface area contributed by atoms with Gasteiger partial charge in [-0.15, -0.1) is 0 Å². The second-order valence-corrected chi connectivity index (χ2v) is 8.05. The van der Waals surface area contributed by atoms with Gasteiger partial charge in [-0.05, 0) is 72.8 Å². The van der Waals surface area contributed by atoms with E-state index in [0.717, 1.165) is 11.4 Å². The number of ether oxygens (including phenoxy) is 2. The van der Waals surface area contributed by atoms with E-state index >= 15 is 0 Å². The number of aliphatic hydroxyl groups is 2. The molecule has 0 heterocycles. The molecule has 3 aromatic carbocycles. The maximum Gasteiger partial charge on any atom is 0.119 e. The molecule has 2 unspecified atom stereocenters. The molecule has 0 aliphatic heterocycles. The van der Waals surface area contributed by atoms with Gasteiger partial charge in [0.1, 0.15) is 36.9 Å². The van der Waals surface area contributed by atoms with Gasteiger partial charge >= 0.3 is 0 Å². The van der Waals surface area contributed by atoms with Gasteiger partial charge in [-0.2, -0.15) is 0 Å². The number of benzene rings is 3. The van der Waals surface area contributed by atoms with Crippen LogP contribution in [0.25, 0.3) is 0 Å². The molecule has 2 atom stereocenters. The summed E-state index contributed by atoms with van der Waals surface area (Å²) < 4.78 is 11.2. The quantitative estimate of drug-likeness (QED) is 0.303. The summed E-state index contributed by atoms with van der Waals surface area (Å²) in [6, 6.07) is 21.5. The van der Waals surface area contributed by atoms with Crippen molar-refractivity contribution in [3.63, 3.8) is 0 Å². The van der Waals surface area contributed by atoms with E-state index in [1.54, 1.807) is 48.5 Å². The predicted octanol–water partition coefficient (Wildman–Crippen LogP) is 4.70. The third-order valence-corrected chi connectivity index (χ3v) is 4.98. The number of aliphatic hydroxyl groups excluding tert-OH is 2. The first-order valence-electron chi connectivity index (χ1n) is 10.2. The standard InChI is InChI=1S/C24H26Cl2N2O4/c25-17-1-5-19(6-2-17)27-13-21(29)15-31-23-9-11-24(12-10-23)32-16-22(30)14-28-20-7-3-18(26)4-8-20/h1-12,21-22,27-30H,13-16H2. The van der Waals surface area contributed by atoms with Crippen LogP contribution in [-0.4, -0.2) is 48.7 Å². The molecule has 0 aliphatic carbocycles. The average molecular weight is 477 g/mol. The second kappa shape index (κ2) is 12.4. The molecule has 0 amide bonds. The van der Waals surface area contributed by atoms with Gasteiger partial charge in [0.2, 0.25) is 0 Å². The number of anilines is 2. The molecule has 0 aliphatic rings. The SMILES string of the molecule is OC(CNc1ccc(Cl)cc1)COc1ccc(OCC(O)CNc2ccc(Cl)cc2)cc1. The third kappa shape index (κ3) is 8.48. The first-order valence-corrected chi connectivity index (χ1v) is 10.9. The third-order valence-electron chi connectivity index (χ3n) is 4.48. The molecule has 0 aromatic heterocycles. The van der Waals surface area contributed by atoms with Crippen LogP contribution in [0, 0.1) is 0 Å². The van der Waals surface area contributed by atoms with Crippen LogP contribution in [0.4, 0.5) is 11.4 Å². The summed E-state index contributed by atoms with van der Waals surface area (Å²) in [5.41, 5.74) is 1.75. The molecule has 0 radical (unpaired) electrons. The van der Waals surface area contributed by atoms with Crippen molar-refractivity contribution < 1.29 is 19.7 Å². The Morgan fingerprint density at radius 2 is 0.938 bits per heavy atom. The Morgan fingerprint density at radius 1 is 0.594 bits per heavy atom. The van der Waals surface area contributed by atoms with Gasteiger partial charge in [-0.25, -0.2) is 0 Å². The van der Waals surface area contributed by atoms with Crippen molar-refractivity contribution in [3.8, 4) is 11.5 Å². The Bertz CT molecular complexity index is 859. The molecule has 32 heavy (non-hydrogen) atoms. The van der Waals surface area contributed by atoms with E-state index in [2.05, 4.69) is 10.6 Å². The van der Waals surface area contributed by atoms with Crippen LogP contribution in [0.5, 0.6) is 11.5 Å². The van der Waals surface area contributed by atoms with E-state index in [4.69, 9.17) is 32.7 Å². The zero-order valence-corrected chi connectivity index (χ0v) is 18.9. The molecule has 4 N–H and O–H groups in total. The van der Waals surface area contributed by atoms with Gasteiger partial charge in [0.25, 0.3) is 0 Å². The van der Waals surface area contributed by atoms with Gasteiger partial charge in [-0.3, -0.25) is 0 Å². The van der Waals surface area contributed by atoms with Crippen molar-refractivity contribution in [2.75, 3.05) is 36.9 Å².